The van der Waals surface area contributed by atoms with Crippen LogP contribution in [0.4, 0.5) is 0 Å². The van der Waals surface area contributed by atoms with E-state index in [0.29, 0.717) is 9.13 Å². The molecule has 13 heavy (non-hydrogen) atoms. The number of phenolic OH excluding ortho intramolecular Hbond substituents is 1. The molecule has 1 N–H and O–H groups in total. The quantitative estimate of drug-likeness (QED) is 0.649. The van der Waals surface area contributed by atoms with E-state index < -0.39 is 0 Å². The van der Waals surface area contributed by atoms with Crippen LogP contribution in [-0.4, -0.2) is 11.4 Å². The Kier molecular flexibility index (Phi) is 2.25. The fourth-order valence-corrected chi connectivity index (χ4v) is 2.58. The van der Waals surface area contributed by atoms with Crippen LogP contribution in [0.2, 0.25) is 0 Å². The van der Waals surface area contributed by atoms with Crippen LogP contribution >= 0.6 is 33.9 Å². The summed E-state index contributed by atoms with van der Waals surface area (Å²) < 4.78 is 1.57. The van der Waals surface area contributed by atoms with Crippen molar-refractivity contribution in [3.8, 4) is 5.75 Å². The molecule has 0 unspecified atom stereocenters. The van der Waals surface area contributed by atoms with Gasteiger partial charge in [0.05, 0.1) is 3.57 Å². The van der Waals surface area contributed by atoms with Crippen LogP contribution in [0.25, 0.3) is 10.1 Å². The molecular weight excluding hydrogens is 299 g/mol. The fraction of sp³-hybridized carbons (Fsp3) is 0. The Balaban J connectivity index is 2.91. The molecule has 2 rings (SSSR count). The largest absolute Gasteiger partial charge is 0.506 e. The van der Waals surface area contributed by atoms with Crippen LogP contribution in [0.1, 0.15) is 10.4 Å². The summed E-state index contributed by atoms with van der Waals surface area (Å²) in [5, 5.41) is 12.4. The number of hydrogen-bond donors (Lipinski definition) is 1. The van der Waals surface area contributed by atoms with E-state index in [4.69, 9.17) is 0 Å². The molecule has 2 aromatic rings. The van der Waals surface area contributed by atoms with Crippen molar-refractivity contribution >= 4 is 50.3 Å². The molecule has 0 fully saturated rings. The van der Waals surface area contributed by atoms with E-state index in [1.54, 1.807) is 6.07 Å². The number of fused-ring (bicyclic) bond motifs is 1. The Bertz CT molecular complexity index is 476. The molecule has 0 aliphatic rings. The van der Waals surface area contributed by atoms with Gasteiger partial charge in [-0.25, -0.2) is 0 Å². The topological polar surface area (TPSA) is 37.3 Å². The average molecular weight is 304 g/mol. The molecule has 0 atom stereocenters. The van der Waals surface area contributed by atoms with Crippen molar-refractivity contribution in [3.05, 3.63) is 26.6 Å². The third-order valence-electron chi connectivity index (χ3n) is 1.83. The summed E-state index contributed by atoms with van der Waals surface area (Å²) in [6.45, 7) is 0. The molecule has 0 saturated carbocycles. The van der Waals surface area contributed by atoms with Gasteiger partial charge in [0.15, 0.2) is 6.29 Å². The molecule has 1 heterocycles. The molecule has 66 valence electrons. The van der Waals surface area contributed by atoms with E-state index >= 15 is 0 Å². The van der Waals surface area contributed by atoms with E-state index in [2.05, 4.69) is 0 Å². The minimum Gasteiger partial charge on any atom is -0.506 e. The Morgan fingerprint density at radius 3 is 3.00 bits per heavy atom. The van der Waals surface area contributed by atoms with Crippen molar-refractivity contribution < 1.29 is 9.90 Å². The summed E-state index contributed by atoms with van der Waals surface area (Å²) in [4.78, 5) is 10.6. The second-order valence-corrected chi connectivity index (χ2v) is 4.61. The average Bonchev–Trinajstić information content (AvgIpc) is 2.59. The van der Waals surface area contributed by atoms with E-state index in [-0.39, 0.29) is 5.75 Å². The second kappa shape index (κ2) is 3.26. The highest BCUT2D eigenvalue weighted by Crippen LogP contribution is 2.34. The molecule has 0 amide bonds. The van der Waals surface area contributed by atoms with Crippen molar-refractivity contribution in [1.82, 2.24) is 0 Å². The maximum absolute atomic E-state index is 10.6. The van der Waals surface area contributed by atoms with Gasteiger partial charge in [-0.15, -0.1) is 11.3 Å². The lowest BCUT2D eigenvalue weighted by Crippen LogP contribution is -1.85. The highest BCUT2D eigenvalue weighted by molar-refractivity contribution is 14.1. The number of phenols is 1. The van der Waals surface area contributed by atoms with E-state index in [9.17, 15) is 9.90 Å². The van der Waals surface area contributed by atoms with Gasteiger partial charge < -0.3 is 5.11 Å². The second-order valence-electron chi connectivity index (χ2n) is 2.58. The lowest BCUT2D eigenvalue weighted by molar-refractivity contribution is 0.112. The third kappa shape index (κ3) is 1.34. The Morgan fingerprint density at radius 1 is 1.54 bits per heavy atom. The molecule has 0 aliphatic carbocycles. The molecule has 0 saturated heterocycles. The first-order chi connectivity index (χ1) is 6.24. The Hall–Kier alpha value is -0.620. The van der Waals surface area contributed by atoms with Crippen LogP contribution in [0.15, 0.2) is 17.5 Å². The van der Waals surface area contributed by atoms with Crippen molar-refractivity contribution in [2.24, 2.45) is 0 Å². The summed E-state index contributed by atoms with van der Waals surface area (Å²) in [5.74, 6) is 0.210. The fourth-order valence-electron chi connectivity index (χ4n) is 1.17. The molecule has 1 aromatic heterocycles. The number of halogens is 1. The lowest BCUT2D eigenvalue weighted by atomic mass is 10.2. The van der Waals surface area contributed by atoms with Crippen LogP contribution in [0.5, 0.6) is 5.75 Å². The summed E-state index contributed by atoms with van der Waals surface area (Å²) in [6, 6.07) is 3.65. The first-order valence-corrected chi connectivity index (χ1v) is 5.53. The molecule has 0 bridgehead atoms. The molecule has 2 nitrogen and oxygen atoms in total. The number of thiophene rings is 1. The lowest BCUT2D eigenvalue weighted by Gasteiger charge is -2.01. The summed E-state index contributed by atoms with van der Waals surface area (Å²) in [6.07, 6.45) is 0.765. The van der Waals surface area contributed by atoms with Crippen LogP contribution in [0, 0.1) is 3.57 Å². The Morgan fingerprint density at radius 2 is 2.31 bits per heavy atom. The SMILES string of the molecule is O=Cc1cc2sccc2c(O)c1I. The van der Waals surface area contributed by atoms with Gasteiger partial charge in [0.2, 0.25) is 0 Å². The Labute approximate surface area is 92.3 Å². The summed E-state index contributed by atoms with van der Waals surface area (Å²) in [5.41, 5.74) is 0.549. The minimum absolute atomic E-state index is 0.210. The molecule has 0 aliphatic heterocycles. The first kappa shape index (κ1) is 8.96. The molecule has 0 spiro atoms. The number of benzene rings is 1. The number of aldehydes is 1. The zero-order valence-corrected chi connectivity index (χ0v) is 9.43. The number of hydrogen-bond acceptors (Lipinski definition) is 3. The van der Waals surface area contributed by atoms with Crippen molar-refractivity contribution in [2.75, 3.05) is 0 Å². The van der Waals surface area contributed by atoms with Crippen LogP contribution in [0.3, 0.4) is 0 Å². The third-order valence-corrected chi connectivity index (χ3v) is 3.82. The highest BCUT2D eigenvalue weighted by Gasteiger charge is 2.10. The summed E-state index contributed by atoms with van der Waals surface area (Å²) >= 11 is 3.49. The predicted molar refractivity (Wildman–Crippen MR) is 61.6 cm³/mol. The number of aromatic hydroxyl groups is 1. The molecule has 0 radical (unpaired) electrons. The standard InChI is InChI=1S/C9H5IO2S/c10-8-5(4-11)3-7-6(9(8)12)1-2-13-7/h1-4,12H. The minimum atomic E-state index is 0.210. The maximum atomic E-state index is 10.6. The van der Waals surface area contributed by atoms with Crippen LogP contribution < -0.4 is 0 Å². The van der Waals surface area contributed by atoms with Gasteiger partial charge in [-0.05, 0) is 40.1 Å². The first-order valence-electron chi connectivity index (χ1n) is 3.58. The normalized spacial score (nSPS) is 10.5. The zero-order valence-electron chi connectivity index (χ0n) is 6.45. The van der Waals surface area contributed by atoms with Gasteiger partial charge in [0, 0.05) is 15.6 Å². The molecule has 1 aromatic carbocycles. The van der Waals surface area contributed by atoms with Crippen molar-refractivity contribution in [2.45, 2.75) is 0 Å². The predicted octanol–water partition coefficient (Wildman–Crippen LogP) is 3.02. The smallest absolute Gasteiger partial charge is 0.151 e. The summed E-state index contributed by atoms with van der Waals surface area (Å²) in [7, 11) is 0. The molecule has 4 heteroatoms. The molecular formula is C9H5IO2S. The van der Waals surface area contributed by atoms with Gasteiger partial charge in [-0.3, -0.25) is 4.79 Å². The van der Waals surface area contributed by atoms with Gasteiger partial charge in [-0.1, -0.05) is 0 Å². The van der Waals surface area contributed by atoms with Gasteiger partial charge in [-0.2, -0.15) is 0 Å². The van der Waals surface area contributed by atoms with Crippen molar-refractivity contribution in [3.63, 3.8) is 0 Å². The van der Waals surface area contributed by atoms with Crippen LogP contribution in [-0.2, 0) is 0 Å². The zero-order chi connectivity index (χ0) is 9.42. The van der Waals surface area contributed by atoms with E-state index in [1.807, 2.05) is 34.0 Å². The monoisotopic (exact) mass is 304 g/mol. The number of carbonyl (C=O) groups is 1. The van der Waals surface area contributed by atoms with Gasteiger partial charge >= 0.3 is 0 Å². The maximum Gasteiger partial charge on any atom is 0.151 e. The van der Waals surface area contributed by atoms with Crippen molar-refractivity contribution in [1.29, 1.82) is 0 Å². The van der Waals surface area contributed by atoms with E-state index in [1.165, 1.54) is 11.3 Å². The number of carbonyl (C=O) groups excluding carboxylic acids is 1. The van der Waals surface area contributed by atoms with Gasteiger partial charge in [0.25, 0.3) is 0 Å². The van der Waals surface area contributed by atoms with Gasteiger partial charge in [0.1, 0.15) is 5.75 Å². The number of rotatable bonds is 1. The van der Waals surface area contributed by atoms with E-state index in [0.717, 1.165) is 16.4 Å². The highest BCUT2D eigenvalue weighted by atomic mass is 127.